The van der Waals surface area contributed by atoms with Gasteiger partial charge in [-0.2, -0.15) is 0 Å². The molecule has 192 valence electrons. The lowest BCUT2D eigenvalue weighted by molar-refractivity contribution is 0.00578. The number of nitrogens with zero attached hydrogens (tertiary/aromatic N) is 4. The molecule has 2 aliphatic heterocycles. The zero-order chi connectivity index (χ0) is 26.0. The topological polar surface area (TPSA) is 95.1 Å². The van der Waals surface area contributed by atoms with E-state index in [4.69, 9.17) is 19.8 Å². The molecule has 2 N–H and O–H groups in total. The van der Waals surface area contributed by atoms with Gasteiger partial charge in [-0.15, -0.1) is 0 Å². The normalized spacial score (nSPS) is 19.8. The number of anilines is 2. The van der Waals surface area contributed by atoms with Gasteiger partial charge in [0.25, 0.3) is 0 Å². The Labute approximate surface area is 209 Å². The summed E-state index contributed by atoms with van der Waals surface area (Å²) in [5.41, 5.74) is 6.20. The summed E-state index contributed by atoms with van der Waals surface area (Å²) < 4.78 is 18.6. The van der Waals surface area contributed by atoms with Crippen molar-refractivity contribution in [1.82, 2.24) is 14.5 Å². The highest BCUT2D eigenvalue weighted by molar-refractivity contribution is 6.62. The van der Waals surface area contributed by atoms with Gasteiger partial charge in [-0.25, -0.2) is 9.78 Å². The van der Waals surface area contributed by atoms with Crippen molar-refractivity contribution >= 4 is 30.2 Å². The zero-order valence-electron chi connectivity index (χ0n) is 22.4. The molecular formula is C25H40BN5O4. The van der Waals surface area contributed by atoms with Crippen LogP contribution in [0.1, 0.15) is 48.5 Å². The van der Waals surface area contributed by atoms with Crippen LogP contribution in [0.3, 0.4) is 0 Å². The van der Waals surface area contributed by atoms with Gasteiger partial charge in [-0.1, -0.05) is 0 Å². The Morgan fingerprint density at radius 3 is 2.17 bits per heavy atom. The molecule has 0 unspecified atom stereocenters. The SMILES string of the molecule is CC(C)(C)OC(=O)n1ccc(B2OC(C)(C)C(C)(C)O2)c1.CN1CCN(c2ccc(N)nc2)CC1. The number of likely N-dealkylation sites (N-methyl/N-ethyl adjacent to an activating group) is 1. The number of nitrogen functional groups attached to an aromatic ring is 1. The average Bonchev–Trinajstić information content (AvgIpc) is 3.31. The predicted octanol–water partition coefficient (Wildman–Crippen LogP) is 2.99. The third kappa shape index (κ3) is 6.99. The van der Waals surface area contributed by atoms with Gasteiger partial charge in [0.1, 0.15) is 11.4 Å². The number of carbonyl (C=O) groups excluding carboxylic acids is 1. The number of rotatable bonds is 2. The molecule has 0 radical (unpaired) electrons. The van der Waals surface area contributed by atoms with Crippen LogP contribution in [-0.4, -0.2) is 77.7 Å². The summed E-state index contributed by atoms with van der Waals surface area (Å²) in [5, 5.41) is 0. The van der Waals surface area contributed by atoms with Crippen LogP contribution < -0.4 is 16.1 Å². The van der Waals surface area contributed by atoms with E-state index < -0.39 is 30.0 Å². The Bertz CT molecular complexity index is 976. The van der Waals surface area contributed by atoms with Crippen molar-refractivity contribution in [3.05, 3.63) is 36.8 Å². The molecule has 0 aromatic carbocycles. The Balaban J connectivity index is 0.000000211. The summed E-state index contributed by atoms with van der Waals surface area (Å²) in [5.74, 6) is 0.586. The highest BCUT2D eigenvalue weighted by atomic mass is 16.7. The lowest BCUT2D eigenvalue weighted by Gasteiger charge is -2.33. The molecular weight excluding hydrogens is 445 g/mol. The van der Waals surface area contributed by atoms with Crippen molar-refractivity contribution in [2.75, 3.05) is 43.9 Å². The molecule has 2 fully saturated rings. The first kappa shape index (κ1) is 27.0. The van der Waals surface area contributed by atoms with Crippen LogP contribution in [-0.2, 0) is 14.0 Å². The van der Waals surface area contributed by atoms with E-state index in [9.17, 15) is 4.79 Å². The fourth-order valence-electron chi connectivity index (χ4n) is 3.61. The Kier molecular flexibility index (Phi) is 7.88. The molecule has 4 rings (SSSR count). The quantitative estimate of drug-likeness (QED) is 0.649. The molecule has 0 aliphatic carbocycles. The number of piperazine rings is 1. The smallest absolute Gasteiger partial charge is 0.443 e. The molecule has 2 aromatic rings. The van der Waals surface area contributed by atoms with E-state index >= 15 is 0 Å². The van der Waals surface area contributed by atoms with E-state index in [2.05, 4.69) is 21.8 Å². The van der Waals surface area contributed by atoms with E-state index in [1.165, 1.54) is 10.3 Å². The maximum absolute atomic E-state index is 12.0. The number of hydrogen-bond acceptors (Lipinski definition) is 8. The number of carbonyl (C=O) groups is 1. The number of hydrogen-bond donors (Lipinski definition) is 1. The first-order chi connectivity index (χ1) is 16.2. The Morgan fingerprint density at radius 2 is 1.66 bits per heavy atom. The van der Waals surface area contributed by atoms with Gasteiger partial charge >= 0.3 is 13.2 Å². The summed E-state index contributed by atoms with van der Waals surface area (Å²) >= 11 is 0. The molecule has 35 heavy (non-hydrogen) atoms. The maximum Gasteiger partial charge on any atom is 0.496 e. The molecule has 9 nitrogen and oxygen atoms in total. The van der Waals surface area contributed by atoms with Crippen LogP contribution in [0.15, 0.2) is 36.8 Å². The van der Waals surface area contributed by atoms with Gasteiger partial charge < -0.3 is 29.6 Å². The number of ether oxygens (including phenoxy) is 1. The summed E-state index contributed by atoms with van der Waals surface area (Å²) in [6.45, 7) is 17.9. The summed E-state index contributed by atoms with van der Waals surface area (Å²) in [6.07, 6.45) is 4.79. The van der Waals surface area contributed by atoms with Gasteiger partial charge in [-0.05, 0) is 73.7 Å². The highest BCUT2D eigenvalue weighted by Crippen LogP contribution is 2.36. The van der Waals surface area contributed by atoms with Crippen LogP contribution >= 0.6 is 0 Å². The Morgan fingerprint density at radius 1 is 1.06 bits per heavy atom. The van der Waals surface area contributed by atoms with E-state index in [1.807, 2.05) is 72.9 Å². The van der Waals surface area contributed by atoms with Crippen LogP contribution in [0, 0.1) is 0 Å². The second-order valence-electron chi connectivity index (χ2n) is 11.2. The minimum Gasteiger partial charge on any atom is -0.443 e. The molecule has 0 spiro atoms. The highest BCUT2D eigenvalue weighted by Gasteiger charge is 2.52. The molecule has 0 saturated carbocycles. The van der Waals surface area contributed by atoms with Crippen LogP contribution in [0.5, 0.6) is 0 Å². The van der Waals surface area contributed by atoms with Gasteiger partial charge in [-0.3, -0.25) is 4.57 Å². The monoisotopic (exact) mass is 485 g/mol. The van der Waals surface area contributed by atoms with Crippen molar-refractivity contribution in [2.24, 2.45) is 0 Å². The maximum atomic E-state index is 12.0. The minimum absolute atomic E-state index is 0.397. The minimum atomic E-state index is -0.522. The molecule has 4 heterocycles. The summed E-state index contributed by atoms with van der Waals surface area (Å²) in [6, 6.07) is 5.70. The summed E-state index contributed by atoms with van der Waals surface area (Å²) in [4.78, 5) is 20.8. The Hall–Kier alpha value is -2.56. The van der Waals surface area contributed by atoms with E-state index in [0.29, 0.717) is 5.82 Å². The number of pyridine rings is 1. The zero-order valence-corrected chi connectivity index (χ0v) is 22.4. The average molecular weight is 485 g/mol. The molecule has 2 aliphatic rings. The largest absolute Gasteiger partial charge is 0.496 e. The fourth-order valence-corrected chi connectivity index (χ4v) is 3.61. The van der Waals surface area contributed by atoms with Crippen LogP contribution in [0.2, 0.25) is 0 Å². The molecule has 0 atom stereocenters. The molecule has 0 amide bonds. The lowest BCUT2D eigenvalue weighted by atomic mass is 9.81. The van der Waals surface area contributed by atoms with Crippen molar-refractivity contribution in [3.63, 3.8) is 0 Å². The second kappa shape index (κ2) is 10.2. The van der Waals surface area contributed by atoms with E-state index in [1.54, 1.807) is 12.4 Å². The fraction of sp³-hybridized carbons (Fsp3) is 0.600. The molecule has 10 heteroatoms. The van der Waals surface area contributed by atoms with Crippen molar-refractivity contribution in [2.45, 2.75) is 65.3 Å². The first-order valence-electron chi connectivity index (χ1n) is 12.1. The van der Waals surface area contributed by atoms with Gasteiger partial charge in [0.2, 0.25) is 0 Å². The third-order valence-electron chi connectivity index (χ3n) is 6.48. The van der Waals surface area contributed by atoms with E-state index in [-0.39, 0.29) is 0 Å². The molecule has 2 aromatic heterocycles. The first-order valence-corrected chi connectivity index (χ1v) is 12.1. The van der Waals surface area contributed by atoms with Crippen LogP contribution in [0.25, 0.3) is 0 Å². The van der Waals surface area contributed by atoms with Gasteiger partial charge in [0.05, 0.1) is 23.1 Å². The molecule has 2 saturated heterocycles. The third-order valence-corrected chi connectivity index (χ3v) is 6.48. The van der Waals surface area contributed by atoms with Crippen molar-refractivity contribution < 1.29 is 18.8 Å². The lowest BCUT2D eigenvalue weighted by Crippen LogP contribution is -2.44. The van der Waals surface area contributed by atoms with Crippen molar-refractivity contribution in [3.8, 4) is 0 Å². The molecule has 0 bridgehead atoms. The standard InChI is InChI=1S/C15H24BNO4.C10H16N4/c1-13(2,3)19-12(18)17-9-8-11(10-17)16-20-14(4,5)15(6,7)21-16;1-13-4-6-14(7-5-13)9-2-3-10(11)12-8-9/h8-10H,1-7H3;2-3,8H,4-7H2,1H3,(H2,11,12). The van der Waals surface area contributed by atoms with Gasteiger partial charge in [0, 0.05) is 44.0 Å². The predicted molar refractivity (Wildman–Crippen MR) is 140 cm³/mol. The van der Waals surface area contributed by atoms with E-state index in [0.717, 1.165) is 31.6 Å². The van der Waals surface area contributed by atoms with Crippen molar-refractivity contribution in [1.29, 1.82) is 0 Å². The number of aromatic nitrogens is 2. The second-order valence-corrected chi connectivity index (χ2v) is 11.2. The van der Waals surface area contributed by atoms with Crippen LogP contribution in [0.4, 0.5) is 16.3 Å². The summed E-state index contributed by atoms with van der Waals surface area (Å²) in [7, 11) is 1.68. The van der Waals surface area contributed by atoms with Gasteiger partial charge in [0.15, 0.2) is 0 Å². The number of nitrogens with two attached hydrogens (primary N) is 1.